The Labute approximate surface area is 128 Å². The van der Waals surface area contributed by atoms with Crippen LogP contribution in [-0.2, 0) is 0 Å². The summed E-state index contributed by atoms with van der Waals surface area (Å²) in [5, 5.41) is 2.80. The normalized spacial score (nSPS) is 10.2. The molecule has 0 atom stereocenters. The lowest BCUT2D eigenvalue weighted by Crippen LogP contribution is -2.21. The molecule has 8 nitrogen and oxygen atoms in total. The van der Waals surface area contributed by atoms with Crippen LogP contribution in [0.4, 0.5) is 15.5 Å². The number of benzene rings is 1. The Hall–Kier alpha value is -2.45. The smallest absolute Gasteiger partial charge is 0.411 e. The zero-order valence-corrected chi connectivity index (χ0v) is 11.7. The van der Waals surface area contributed by atoms with E-state index in [-0.39, 0.29) is 17.7 Å². The molecule has 21 heavy (non-hydrogen) atoms. The third-order valence-electron chi connectivity index (χ3n) is 2.14. The van der Waals surface area contributed by atoms with Gasteiger partial charge in [-0.25, -0.2) is 9.59 Å². The largest absolute Gasteiger partial charge is 0.416 e. The van der Waals surface area contributed by atoms with E-state index in [0.717, 1.165) is 0 Å². The van der Waals surface area contributed by atoms with Gasteiger partial charge in [0.15, 0.2) is 0 Å². The highest BCUT2D eigenvalue weighted by Gasteiger charge is 2.19. The number of anilines is 1. The van der Waals surface area contributed by atoms with Gasteiger partial charge in [0.2, 0.25) is 5.89 Å². The monoisotopic (exact) mass is 330 g/mol. The summed E-state index contributed by atoms with van der Waals surface area (Å²) in [5.41, 5.74) is 10.3. The Bertz CT molecular complexity index is 662. The minimum atomic E-state index is -1.13. The van der Waals surface area contributed by atoms with Crippen molar-refractivity contribution in [2.75, 3.05) is 5.32 Å². The number of ether oxygens (including phenoxy) is 1. The van der Waals surface area contributed by atoms with Gasteiger partial charge < -0.3 is 20.6 Å². The van der Waals surface area contributed by atoms with Gasteiger partial charge in [-0.15, -0.1) is 0 Å². The number of oxazole rings is 1. The number of hydrogen-bond acceptors (Lipinski definition) is 5. The van der Waals surface area contributed by atoms with Crippen molar-refractivity contribution in [1.29, 1.82) is 0 Å². The van der Waals surface area contributed by atoms with Crippen LogP contribution in [0, 0.1) is 0 Å². The van der Waals surface area contributed by atoms with E-state index >= 15 is 0 Å². The number of amides is 3. The van der Waals surface area contributed by atoms with Crippen LogP contribution in [0.25, 0.3) is 11.5 Å². The highest BCUT2D eigenvalue weighted by atomic mass is 35.5. The summed E-state index contributed by atoms with van der Waals surface area (Å²) in [5.74, 6) is -0.612. The predicted octanol–water partition coefficient (Wildman–Crippen LogP) is 2.60. The third kappa shape index (κ3) is 3.77. The number of carbonyl (C=O) groups excluding carboxylic acids is 2. The van der Waals surface area contributed by atoms with Crippen molar-refractivity contribution < 1.29 is 18.7 Å². The maximum atomic E-state index is 10.9. The molecule has 10 heteroatoms. The fraction of sp³-hybridized carbons (Fsp3) is 0. The quantitative estimate of drug-likeness (QED) is 0.795. The van der Waals surface area contributed by atoms with Gasteiger partial charge in [-0.05, 0) is 18.2 Å². The van der Waals surface area contributed by atoms with E-state index in [1.807, 2.05) is 0 Å². The molecule has 0 saturated heterocycles. The van der Waals surface area contributed by atoms with Gasteiger partial charge >= 0.3 is 12.1 Å². The van der Waals surface area contributed by atoms with Crippen molar-refractivity contribution in [1.82, 2.24) is 4.98 Å². The molecule has 0 unspecified atom stereocenters. The molecular formula is C11H8Cl2N4O4. The van der Waals surface area contributed by atoms with Gasteiger partial charge in [0.05, 0.1) is 0 Å². The highest BCUT2D eigenvalue weighted by molar-refractivity contribution is 6.35. The van der Waals surface area contributed by atoms with E-state index in [1.54, 1.807) is 0 Å². The molecule has 0 bridgehead atoms. The van der Waals surface area contributed by atoms with Crippen LogP contribution >= 0.6 is 23.2 Å². The van der Waals surface area contributed by atoms with Gasteiger partial charge in [0.25, 0.3) is 11.8 Å². The van der Waals surface area contributed by atoms with E-state index in [9.17, 15) is 9.59 Å². The Kier molecular flexibility index (Phi) is 4.20. The molecule has 1 aromatic heterocycles. The first kappa shape index (κ1) is 14.9. The lowest BCUT2D eigenvalue weighted by Gasteiger charge is -1.99. The molecular weight excluding hydrogens is 323 g/mol. The molecule has 0 spiro atoms. The number of primary amides is 2. The van der Waals surface area contributed by atoms with Crippen molar-refractivity contribution in [3.8, 4) is 17.3 Å². The first-order valence-corrected chi connectivity index (χ1v) is 6.12. The average Bonchev–Trinajstić information content (AvgIpc) is 2.69. The number of urea groups is 1. The van der Waals surface area contributed by atoms with Gasteiger partial charge in [-0.2, -0.15) is 4.98 Å². The number of carbonyl (C=O) groups is 2. The molecule has 0 aliphatic carbocycles. The summed E-state index contributed by atoms with van der Waals surface area (Å²) < 4.78 is 9.86. The Morgan fingerprint density at radius 3 is 2.33 bits per heavy atom. The average molecular weight is 331 g/mol. The van der Waals surface area contributed by atoms with Crippen LogP contribution < -0.4 is 21.5 Å². The van der Waals surface area contributed by atoms with Crippen LogP contribution in [0.5, 0.6) is 5.88 Å². The van der Waals surface area contributed by atoms with Crippen LogP contribution in [-0.4, -0.2) is 17.1 Å². The zero-order chi connectivity index (χ0) is 15.6. The molecule has 0 fully saturated rings. The molecule has 1 heterocycles. The second-order valence-electron chi connectivity index (χ2n) is 3.72. The van der Waals surface area contributed by atoms with Gasteiger partial charge in [-0.3, -0.25) is 5.32 Å². The minimum Gasteiger partial charge on any atom is -0.416 e. The number of aromatic nitrogens is 1. The summed E-state index contributed by atoms with van der Waals surface area (Å²) in [6.45, 7) is 0. The molecule has 0 aliphatic rings. The fourth-order valence-corrected chi connectivity index (χ4v) is 1.99. The van der Waals surface area contributed by atoms with Crippen molar-refractivity contribution in [3.05, 3.63) is 28.2 Å². The zero-order valence-electron chi connectivity index (χ0n) is 10.2. The minimum absolute atomic E-state index is 0.000556. The first-order valence-electron chi connectivity index (χ1n) is 5.36. The van der Waals surface area contributed by atoms with Crippen LogP contribution in [0.2, 0.25) is 10.0 Å². The lowest BCUT2D eigenvalue weighted by atomic mass is 10.2. The molecule has 0 radical (unpaired) electrons. The number of hydrogen-bond donors (Lipinski definition) is 3. The van der Waals surface area contributed by atoms with Gasteiger partial charge in [0.1, 0.15) is 0 Å². The Morgan fingerprint density at radius 1 is 1.19 bits per heavy atom. The third-order valence-corrected chi connectivity index (χ3v) is 2.58. The van der Waals surface area contributed by atoms with E-state index in [2.05, 4.69) is 15.0 Å². The topological polar surface area (TPSA) is 133 Å². The van der Waals surface area contributed by atoms with Crippen molar-refractivity contribution in [2.24, 2.45) is 11.5 Å². The van der Waals surface area contributed by atoms with E-state index in [0.29, 0.717) is 15.6 Å². The Balaban J connectivity index is 2.46. The molecule has 110 valence electrons. The molecule has 1 aromatic carbocycles. The maximum absolute atomic E-state index is 10.9. The number of rotatable bonds is 3. The summed E-state index contributed by atoms with van der Waals surface area (Å²) in [6.07, 6.45) is -1.13. The fourth-order valence-electron chi connectivity index (χ4n) is 1.46. The number of nitrogens with one attached hydrogen (secondary N) is 1. The Morgan fingerprint density at radius 2 is 1.81 bits per heavy atom. The second kappa shape index (κ2) is 5.90. The van der Waals surface area contributed by atoms with Crippen molar-refractivity contribution in [3.63, 3.8) is 0 Å². The lowest BCUT2D eigenvalue weighted by molar-refractivity contribution is 0.209. The standard InChI is InChI=1S/C11H8Cl2N4O4/c12-5-1-4(2-6(13)3-5)7-16-8(21-11(15)19)9(20-7)17-10(14)18/h1-3H,(H2,15,19)(H3,14,17,18). The van der Waals surface area contributed by atoms with Gasteiger partial charge in [0, 0.05) is 15.6 Å². The maximum Gasteiger partial charge on any atom is 0.411 e. The van der Waals surface area contributed by atoms with E-state index < -0.39 is 12.1 Å². The molecule has 5 N–H and O–H groups in total. The SMILES string of the molecule is NC(=O)Nc1oc(-c2cc(Cl)cc(Cl)c2)nc1OC(N)=O. The number of halogens is 2. The first-order chi connectivity index (χ1) is 9.85. The predicted molar refractivity (Wildman–Crippen MR) is 75.4 cm³/mol. The molecule has 3 amide bonds. The van der Waals surface area contributed by atoms with Crippen LogP contribution in [0.3, 0.4) is 0 Å². The molecule has 2 aromatic rings. The highest BCUT2D eigenvalue weighted by Crippen LogP contribution is 2.33. The number of nitrogens with zero attached hydrogens (tertiary/aromatic N) is 1. The van der Waals surface area contributed by atoms with E-state index in [4.69, 9.17) is 39.1 Å². The molecule has 0 aliphatic heterocycles. The van der Waals surface area contributed by atoms with Crippen molar-refractivity contribution >= 4 is 41.2 Å². The summed E-state index contributed by atoms with van der Waals surface area (Å²) in [4.78, 5) is 25.5. The molecule has 0 saturated carbocycles. The van der Waals surface area contributed by atoms with Crippen LogP contribution in [0.1, 0.15) is 0 Å². The summed E-state index contributed by atoms with van der Waals surface area (Å²) in [6, 6.07) is 3.61. The second-order valence-corrected chi connectivity index (χ2v) is 4.59. The molecule has 2 rings (SSSR count). The van der Waals surface area contributed by atoms with Crippen molar-refractivity contribution in [2.45, 2.75) is 0 Å². The number of nitrogens with two attached hydrogens (primary N) is 2. The summed E-state index contributed by atoms with van der Waals surface area (Å²) >= 11 is 11.7. The summed E-state index contributed by atoms with van der Waals surface area (Å²) in [7, 11) is 0. The van der Waals surface area contributed by atoms with E-state index in [1.165, 1.54) is 18.2 Å². The van der Waals surface area contributed by atoms with Gasteiger partial charge in [-0.1, -0.05) is 23.2 Å². The van der Waals surface area contributed by atoms with Crippen LogP contribution in [0.15, 0.2) is 22.6 Å².